The number of carboxylic acids is 1. The Labute approximate surface area is 170 Å². The molecule has 1 fully saturated rings. The molecule has 12 heteroatoms. The van der Waals surface area contributed by atoms with Crippen LogP contribution in [0.1, 0.15) is 31.9 Å². The van der Waals surface area contributed by atoms with Gasteiger partial charge in [0.1, 0.15) is 18.5 Å². The number of carboxylic acid groups (broad SMARTS) is 1. The number of imidazole rings is 1. The summed E-state index contributed by atoms with van der Waals surface area (Å²) in [6.07, 6.45) is 2.03. The lowest BCUT2D eigenvalue weighted by atomic mass is 10.1. The highest BCUT2D eigenvalue weighted by Crippen LogP contribution is 2.33. The van der Waals surface area contributed by atoms with Crippen LogP contribution in [0, 0.1) is 0 Å². The zero-order chi connectivity index (χ0) is 21.0. The predicted molar refractivity (Wildman–Crippen MR) is 104 cm³/mol. The number of aliphatic hydroxyl groups is 2. The molecular weight excluding hydrogens is 402 g/mol. The standard InChI is InChI=1S/C17H23N5O6S/c1-29-6-9-13(26)14(27)17(28-9)22-8-20-12-15(18-7-19-16(12)22)21-10(23)4-2-3-5-11(24)25/h7-9,13-14,17,26-27H,2-6H2,1H3,(H,24,25)(H,18,19,21,23)/t9-,13-,14+,17-/m1/s1. The highest BCUT2D eigenvalue weighted by Gasteiger charge is 2.44. The van der Waals surface area contributed by atoms with Crippen LogP contribution in [0.15, 0.2) is 12.7 Å². The van der Waals surface area contributed by atoms with E-state index in [1.807, 2.05) is 6.26 Å². The van der Waals surface area contributed by atoms with Gasteiger partial charge in [-0.15, -0.1) is 0 Å². The Bertz CT molecular complexity index is 877. The van der Waals surface area contributed by atoms with Gasteiger partial charge in [-0.2, -0.15) is 11.8 Å². The summed E-state index contributed by atoms with van der Waals surface area (Å²) < 4.78 is 7.30. The number of rotatable bonds is 9. The van der Waals surface area contributed by atoms with Crippen molar-refractivity contribution < 1.29 is 29.6 Å². The Balaban J connectivity index is 1.72. The second kappa shape index (κ2) is 9.48. The van der Waals surface area contributed by atoms with Crippen LogP contribution in [0.4, 0.5) is 5.82 Å². The van der Waals surface area contributed by atoms with Crippen molar-refractivity contribution in [1.29, 1.82) is 0 Å². The lowest BCUT2D eigenvalue weighted by Crippen LogP contribution is -2.32. The second-order valence-corrected chi connectivity index (χ2v) is 7.61. The third-order valence-corrected chi connectivity index (χ3v) is 5.27. The molecule has 0 unspecified atom stereocenters. The van der Waals surface area contributed by atoms with Crippen molar-refractivity contribution in [2.75, 3.05) is 17.3 Å². The fraction of sp³-hybridized carbons (Fsp3) is 0.588. The molecule has 2 aromatic rings. The summed E-state index contributed by atoms with van der Waals surface area (Å²) in [6.45, 7) is 0. The molecule has 3 rings (SSSR count). The maximum atomic E-state index is 12.1. The summed E-state index contributed by atoms with van der Waals surface area (Å²) in [5.74, 6) is -0.461. The van der Waals surface area contributed by atoms with Crippen molar-refractivity contribution in [2.45, 2.75) is 50.2 Å². The highest BCUT2D eigenvalue weighted by molar-refractivity contribution is 7.98. The zero-order valence-corrected chi connectivity index (χ0v) is 16.6. The van der Waals surface area contributed by atoms with Gasteiger partial charge in [-0.1, -0.05) is 0 Å². The van der Waals surface area contributed by atoms with Gasteiger partial charge < -0.3 is 25.4 Å². The van der Waals surface area contributed by atoms with Crippen LogP contribution in [-0.2, 0) is 14.3 Å². The molecule has 1 saturated heterocycles. The predicted octanol–water partition coefficient (Wildman–Crippen LogP) is 0.392. The smallest absolute Gasteiger partial charge is 0.303 e. The molecule has 0 spiro atoms. The average molecular weight is 425 g/mol. The van der Waals surface area contributed by atoms with E-state index in [9.17, 15) is 19.8 Å². The summed E-state index contributed by atoms with van der Waals surface area (Å²) >= 11 is 1.50. The van der Waals surface area contributed by atoms with Crippen LogP contribution in [0.5, 0.6) is 0 Å². The minimum absolute atomic E-state index is 0.0164. The molecule has 0 aliphatic carbocycles. The van der Waals surface area contributed by atoms with E-state index in [2.05, 4.69) is 20.3 Å². The van der Waals surface area contributed by atoms with Gasteiger partial charge in [-0.05, 0) is 19.1 Å². The van der Waals surface area contributed by atoms with Crippen molar-refractivity contribution >= 4 is 40.6 Å². The lowest BCUT2D eigenvalue weighted by molar-refractivity contribution is -0.137. The number of amides is 1. The van der Waals surface area contributed by atoms with Gasteiger partial charge >= 0.3 is 5.97 Å². The second-order valence-electron chi connectivity index (χ2n) is 6.70. The lowest BCUT2D eigenvalue weighted by Gasteiger charge is -2.16. The van der Waals surface area contributed by atoms with E-state index in [1.165, 1.54) is 29.0 Å². The molecule has 0 aromatic carbocycles. The topological polar surface area (TPSA) is 160 Å². The Kier molecular flexibility index (Phi) is 7.00. The summed E-state index contributed by atoms with van der Waals surface area (Å²) in [6, 6.07) is 0. The number of ether oxygens (including phenoxy) is 1. The first-order valence-corrected chi connectivity index (χ1v) is 10.5. The normalized spacial score (nSPS) is 24.1. The number of fused-ring (bicyclic) bond motifs is 1. The highest BCUT2D eigenvalue weighted by atomic mass is 32.2. The van der Waals surface area contributed by atoms with Crippen molar-refractivity contribution in [3.8, 4) is 0 Å². The molecule has 4 N–H and O–H groups in total. The molecule has 0 saturated carbocycles. The molecule has 158 valence electrons. The Morgan fingerprint density at radius 2 is 1.97 bits per heavy atom. The van der Waals surface area contributed by atoms with Gasteiger partial charge in [-0.25, -0.2) is 15.0 Å². The Morgan fingerprint density at radius 1 is 1.21 bits per heavy atom. The Morgan fingerprint density at radius 3 is 2.69 bits per heavy atom. The van der Waals surface area contributed by atoms with Gasteiger partial charge in [0.05, 0.1) is 12.4 Å². The molecule has 3 heterocycles. The monoisotopic (exact) mass is 425 g/mol. The average Bonchev–Trinajstić information content (AvgIpc) is 3.23. The van der Waals surface area contributed by atoms with Crippen LogP contribution in [0.25, 0.3) is 11.2 Å². The largest absolute Gasteiger partial charge is 0.481 e. The number of thioether (sulfide) groups is 1. The fourth-order valence-electron chi connectivity index (χ4n) is 3.15. The molecule has 0 bridgehead atoms. The molecule has 1 aliphatic rings. The van der Waals surface area contributed by atoms with Gasteiger partial charge in [0.25, 0.3) is 0 Å². The van der Waals surface area contributed by atoms with Crippen LogP contribution in [0.2, 0.25) is 0 Å². The number of aromatic nitrogens is 4. The maximum absolute atomic E-state index is 12.1. The van der Waals surface area contributed by atoms with Crippen LogP contribution < -0.4 is 5.32 Å². The van der Waals surface area contributed by atoms with Gasteiger partial charge in [0.2, 0.25) is 5.91 Å². The number of nitrogens with zero attached hydrogens (tertiary/aromatic N) is 4. The first kappa shape index (κ1) is 21.4. The first-order valence-electron chi connectivity index (χ1n) is 9.12. The molecule has 1 aliphatic heterocycles. The number of anilines is 1. The van der Waals surface area contributed by atoms with Crippen molar-refractivity contribution in [2.24, 2.45) is 0 Å². The summed E-state index contributed by atoms with van der Waals surface area (Å²) in [7, 11) is 0. The van der Waals surface area contributed by atoms with Gasteiger partial charge in [0, 0.05) is 18.6 Å². The summed E-state index contributed by atoms with van der Waals surface area (Å²) in [5.41, 5.74) is 0.673. The van der Waals surface area contributed by atoms with E-state index < -0.39 is 30.5 Å². The quantitative estimate of drug-likeness (QED) is 0.414. The molecule has 11 nitrogen and oxygen atoms in total. The van der Waals surface area contributed by atoms with Crippen LogP contribution in [-0.4, -0.2) is 77.0 Å². The van der Waals surface area contributed by atoms with E-state index in [1.54, 1.807) is 0 Å². The zero-order valence-electron chi connectivity index (χ0n) is 15.8. The number of hydrogen-bond acceptors (Lipinski definition) is 9. The van der Waals surface area contributed by atoms with E-state index in [0.29, 0.717) is 29.8 Å². The molecule has 29 heavy (non-hydrogen) atoms. The summed E-state index contributed by atoms with van der Waals surface area (Å²) in [4.78, 5) is 35.1. The van der Waals surface area contributed by atoms with Crippen molar-refractivity contribution in [1.82, 2.24) is 19.5 Å². The van der Waals surface area contributed by atoms with Crippen LogP contribution in [0.3, 0.4) is 0 Å². The number of unbranched alkanes of at least 4 members (excludes halogenated alkanes) is 1. The molecular formula is C17H23N5O6S. The third kappa shape index (κ3) is 4.83. The number of carbonyl (C=O) groups is 2. The Hall–Kier alpha value is -2.28. The molecule has 4 atom stereocenters. The van der Waals surface area contributed by atoms with Gasteiger partial charge in [0.15, 0.2) is 23.2 Å². The SMILES string of the molecule is CSC[C@H]1O[C@@H](n2cnc3c(NC(=O)CCCCC(=O)O)ncnc32)[C@@H](O)[C@@H]1O. The van der Waals surface area contributed by atoms with E-state index in [0.717, 1.165) is 0 Å². The minimum atomic E-state index is -1.15. The fourth-order valence-corrected chi connectivity index (χ4v) is 3.75. The molecule has 1 amide bonds. The number of aliphatic carboxylic acids is 1. The van der Waals surface area contributed by atoms with Gasteiger partial charge in [-0.3, -0.25) is 14.2 Å². The van der Waals surface area contributed by atoms with E-state index in [-0.39, 0.29) is 24.6 Å². The first-order chi connectivity index (χ1) is 13.9. The third-order valence-electron chi connectivity index (χ3n) is 4.60. The van der Waals surface area contributed by atoms with E-state index >= 15 is 0 Å². The maximum Gasteiger partial charge on any atom is 0.303 e. The number of aliphatic hydroxyl groups excluding tert-OH is 2. The number of hydrogen-bond donors (Lipinski definition) is 4. The van der Waals surface area contributed by atoms with Crippen molar-refractivity contribution in [3.63, 3.8) is 0 Å². The minimum Gasteiger partial charge on any atom is -0.481 e. The number of nitrogens with one attached hydrogen (secondary N) is 1. The van der Waals surface area contributed by atoms with Crippen LogP contribution >= 0.6 is 11.8 Å². The van der Waals surface area contributed by atoms with E-state index in [4.69, 9.17) is 9.84 Å². The summed E-state index contributed by atoms with van der Waals surface area (Å²) in [5, 5.41) is 31.9. The number of carbonyl (C=O) groups excluding carboxylic acids is 1. The molecule has 0 radical (unpaired) electrons. The molecule has 2 aromatic heterocycles. The van der Waals surface area contributed by atoms with Crippen molar-refractivity contribution in [3.05, 3.63) is 12.7 Å².